The van der Waals surface area contributed by atoms with Crippen LogP contribution in [0.15, 0.2) is 56.8 Å². The molecule has 0 aliphatic rings. The van der Waals surface area contributed by atoms with Gasteiger partial charge in [-0.1, -0.05) is 31.3 Å². The predicted molar refractivity (Wildman–Crippen MR) is 120 cm³/mol. The van der Waals surface area contributed by atoms with Crippen LogP contribution in [0.1, 0.15) is 31.1 Å². The molecule has 1 heterocycles. The Morgan fingerprint density at radius 2 is 1.76 bits per heavy atom. The molecule has 0 aliphatic heterocycles. The van der Waals surface area contributed by atoms with E-state index < -0.39 is 15.9 Å². The van der Waals surface area contributed by atoms with Gasteiger partial charge >= 0.3 is 0 Å². The largest absolute Gasteiger partial charge is 0.316 e. The van der Waals surface area contributed by atoms with Crippen LogP contribution < -0.4 is 4.80 Å². The number of amides is 1. The van der Waals surface area contributed by atoms with Crippen LogP contribution in [0.3, 0.4) is 0 Å². The van der Waals surface area contributed by atoms with Crippen molar-refractivity contribution in [3.63, 3.8) is 0 Å². The summed E-state index contributed by atoms with van der Waals surface area (Å²) < 4.78 is 30.5. The van der Waals surface area contributed by atoms with E-state index in [9.17, 15) is 13.2 Å². The highest BCUT2D eigenvalue weighted by Crippen LogP contribution is 2.25. The van der Waals surface area contributed by atoms with Crippen molar-refractivity contribution in [2.75, 3.05) is 13.1 Å². The number of para-hydroxylation sites is 1. The quantitative estimate of drug-likeness (QED) is 0.512. The summed E-state index contributed by atoms with van der Waals surface area (Å²) in [6, 6.07) is 11.9. The van der Waals surface area contributed by atoms with Gasteiger partial charge < -0.3 is 4.57 Å². The molecule has 3 aromatic rings. The number of carbonyl (C=O) groups is 1. The predicted octanol–water partition coefficient (Wildman–Crippen LogP) is 4.26. The van der Waals surface area contributed by atoms with Crippen molar-refractivity contribution in [3.8, 4) is 0 Å². The summed E-state index contributed by atoms with van der Waals surface area (Å²) in [7, 11) is -3.55. The van der Waals surface area contributed by atoms with Gasteiger partial charge in [-0.25, -0.2) is 8.42 Å². The van der Waals surface area contributed by atoms with Crippen LogP contribution >= 0.6 is 27.3 Å². The number of hydrogen-bond donors (Lipinski definition) is 0. The van der Waals surface area contributed by atoms with Crippen molar-refractivity contribution < 1.29 is 13.2 Å². The molecule has 3 rings (SSSR count). The molecule has 0 aliphatic carbocycles. The third-order valence-corrected chi connectivity index (χ3v) is 8.36. The van der Waals surface area contributed by atoms with Gasteiger partial charge in [-0.2, -0.15) is 9.30 Å². The Hall–Kier alpha value is -1.81. The highest BCUT2D eigenvalue weighted by molar-refractivity contribution is 9.10. The summed E-state index contributed by atoms with van der Waals surface area (Å²) in [5, 5.41) is 0. The van der Waals surface area contributed by atoms with E-state index in [1.54, 1.807) is 13.8 Å². The number of benzene rings is 2. The summed E-state index contributed by atoms with van der Waals surface area (Å²) in [4.78, 5) is 17.8. The second-order valence-corrected chi connectivity index (χ2v) is 10.0. The number of fused-ring (bicyclic) bond motifs is 1. The Bertz CT molecular complexity index is 1210. The molecule has 0 N–H and O–H groups in total. The van der Waals surface area contributed by atoms with E-state index in [1.807, 2.05) is 29.7 Å². The molecule has 0 unspecified atom stereocenters. The molecule has 154 valence electrons. The van der Waals surface area contributed by atoms with Gasteiger partial charge in [-0.3, -0.25) is 4.79 Å². The second-order valence-electron chi connectivity index (χ2n) is 6.25. The maximum Gasteiger partial charge on any atom is 0.279 e. The average molecular weight is 496 g/mol. The number of carbonyl (C=O) groups excluding carboxylic acids is 1. The number of aryl methyl sites for hydroxylation is 1. The molecule has 0 bridgehead atoms. The lowest BCUT2D eigenvalue weighted by Crippen LogP contribution is -2.30. The smallest absolute Gasteiger partial charge is 0.279 e. The van der Waals surface area contributed by atoms with Crippen LogP contribution in [0.5, 0.6) is 0 Å². The summed E-state index contributed by atoms with van der Waals surface area (Å²) in [6.07, 6.45) is 0. The van der Waals surface area contributed by atoms with Gasteiger partial charge in [0.15, 0.2) is 4.80 Å². The van der Waals surface area contributed by atoms with Crippen LogP contribution in [0, 0.1) is 0 Å². The minimum atomic E-state index is -3.55. The van der Waals surface area contributed by atoms with Crippen LogP contribution in [0.2, 0.25) is 0 Å². The van der Waals surface area contributed by atoms with Gasteiger partial charge in [0.1, 0.15) is 0 Å². The van der Waals surface area contributed by atoms with Crippen LogP contribution in [0.25, 0.3) is 10.2 Å². The fourth-order valence-corrected chi connectivity index (χ4v) is 6.39. The van der Waals surface area contributed by atoms with E-state index in [4.69, 9.17) is 0 Å². The monoisotopic (exact) mass is 495 g/mol. The van der Waals surface area contributed by atoms with Gasteiger partial charge in [-0.15, -0.1) is 0 Å². The molecule has 1 amide bonds. The van der Waals surface area contributed by atoms with Crippen molar-refractivity contribution in [2.24, 2.45) is 4.99 Å². The van der Waals surface area contributed by atoms with Gasteiger partial charge in [0.2, 0.25) is 10.0 Å². The average Bonchev–Trinajstić information content (AvgIpc) is 3.07. The van der Waals surface area contributed by atoms with E-state index in [-0.39, 0.29) is 4.90 Å². The summed E-state index contributed by atoms with van der Waals surface area (Å²) in [5.41, 5.74) is 1.36. The Morgan fingerprint density at radius 1 is 1.10 bits per heavy atom. The Kier molecular flexibility index (Phi) is 6.72. The van der Waals surface area contributed by atoms with Crippen molar-refractivity contribution in [1.29, 1.82) is 0 Å². The third-order valence-electron chi connectivity index (χ3n) is 4.61. The number of sulfonamides is 1. The number of nitrogens with zero attached hydrogens (tertiary/aromatic N) is 3. The minimum Gasteiger partial charge on any atom is -0.316 e. The van der Waals surface area contributed by atoms with E-state index in [2.05, 4.69) is 20.9 Å². The molecular weight excluding hydrogens is 474 g/mol. The molecule has 0 saturated carbocycles. The minimum absolute atomic E-state index is 0.173. The Morgan fingerprint density at radius 3 is 2.34 bits per heavy atom. The zero-order valence-corrected chi connectivity index (χ0v) is 19.6. The molecule has 0 spiro atoms. The lowest BCUT2D eigenvalue weighted by atomic mass is 10.2. The van der Waals surface area contributed by atoms with Crippen LogP contribution in [-0.4, -0.2) is 36.3 Å². The number of aromatic nitrogens is 1. The first-order valence-corrected chi connectivity index (χ1v) is 12.4. The lowest BCUT2D eigenvalue weighted by molar-refractivity contribution is 0.0997. The zero-order valence-electron chi connectivity index (χ0n) is 16.4. The topological polar surface area (TPSA) is 71.7 Å². The first-order chi connectivity index (χ1) is 13.8. The van der Waals surface area contributed by atoms with E-state index in [0.717, 1.165) is 14.7 Å². The zero-order chi connectivity index (χ0) is 21.2. The van der Waals surface area contributed by atoms with E-state index in [1.165, 1.54) is 39.9 Å². The van der Waals surface area contributed by atoms with Crippen molar-refractivity contribution in [1.82, 2.24) is 8.87 Å². The Labute approximate surface area is 182 Å². The second kappa shape index (κ2) is 8.91. The third kappa shape index (κ3) is 4.23. The molecule has 0 radical (unpaired) electrons. The lowest BCUT2D eigenvalue weighted by Gasteiger charge is -2.18. The first-order valence-electron chi connectivity index (χ1n) is 9.30. The van der Waals surface area contributed by atoms with Gasteiger partial charge in [-0.05, 0) is 59.3 Å². The Balaban J connectivity index is 1.98. The maximum absolute atomic E-state index is 12.7. The number of halogens is 1. The first kappa shape index (κ1) is 21.9. The van der Waals surface area contributed by atoms with E-state index in [0.29, 0.717) is 30.0 Å². The summed E-state index contributed by atoms with van der Waals surface area (Å²) in [5.74, 6) is -0.401. The molecule has 6 nitrogen and oxygen atoms in total. The van der Waals surface area contributed by atoms with Crippen molar-refractivity contribution in [2.45, 2.75) is 32.2 Å². The van der Waals surface area contributed by atoms with Crippen LogP contribution in [-0.2, 0) is 16.6 Å². The summed E-state index contributed by atoms with van der Waals surface area (Å²) >= 11 is 5.01. The molecule has 29 heavy (non-hydrogen) atoms. The molecule has 0 saturated heterocycles. The normalized spacial score (nSPS) is 12.8. The number of hydrogen-bond acceptors (Lipinski definition) is 4. The molecule has 0 fully saturated rings. The highest BCUT2D eigenvalue weighted by Gasteiger charge is 2.21. The van der Waals surface area contributed by atoms with Gasteiger partial charge in [0.25, 0.3) is 5.91 Å². The molecular formula is C20H22BrN3O3S2. The fourth-order valence-electron chi connectivity index (χ4n) is 3.10. The van der Waals surface area contributed by atoms with Crippen molar-refractivity contribution >= 4 is 53.4 Å². The van der Waals surface area contributed by atoms with Crippen LogP contribution in [0.4, 0.5) is 0 Å². The fraction of sp³-hybridized carbons (Fsp3) is 0.300. The summed E-state index contributed by atoms with van der Waals surface area (Å²) in [6.45, 7) is 7.06. The van der Waals surface area contributed by atoms with Crippen molar-refractivity contribution in [3.05, 3.63) is 57.3 Å². The molecule has 2 aromatic carbocycles. The number of rotatable bonds is 6. The van der Waals surface area contributed by atoms with Gasteiger partial charge in [0, 0.05) is 29.7 Å². The van der Waals surface area contributed by atoms with Gasteiger partial charge in [0.05, 0.1) is 15.1 Å². The highest BCUT2D eigenvalue weighted by atomic mass is 79.9. The molecule has 9 heteroatoms. The molecule has 1 aromatic heterocycles. The number of thiazole rings is 1. The standard InChI is InChI=1S/C20H22BrN3O3S2/c1-4-23(5-2)29(26,27)15-12-10-14(11-13-15)19(25)22-20-24(6-3)18-16(21)8-7-9-17(18)28-20/h7-13H,4-6H2,1-3H3. The maximum atomic E-state index is 12.7. The van der Waals surface area contributed by atoms with E-state index >= 15 is 0 Å². The SMILES string of the molecule is CCN(CC)S(=O)(=O)c1ccc(C(=O)N=c2sc3cccc(Br)c3n2CC)cc1. The molecule has 0 atom stereocenters.